The highest BCUT2D eigenvalue weighted by Crippen LogP contribution is 2.64. The van der Waals surface area contributed by atoms with E-state index in [0.29, 0.717) is 11.4 Å². The highest BCUT2D eigenvalue weighted by molar-refractivity contribution is 8.03. The van der Waals surface area contributed by atoms with Crippen molar-refractivity contribution in [1.82, 2.24) is 9.97 Å². The quantitative estimate of drug-likeness (QED) is 0.264. The molecular formula is C25H18F6N4O2S2. The van der Waals surface area contributed by atoms with Crippen LogP contribution >= 0.6 is 23.9 Å². The number of ether oxygens (including phenoxy) is 2. The monoisotopic (exact) mass is 584 g/mol. The lowest BCUT2D eigenvalue weighted by Crippen LogP contribution is -2.49. The fourth-order valence-corrected chi connectivity index (χ4v) is 5.80. The van der Waals surface area contributed by atoms with Crippen molar-refractivity contribution in [3.63, 3.8) is 0 Å². The Bertz CT molecular complexity index is 1320. The molecule has 0 unspecified atom stereocenters. The highest BCUT2D eigenvalue weighted by Gasteiger charge is 2.81. The topological polar surface area (TPSA) is 50.7 Å². The zero-order valence-corrected chi connectivity index (χ0v) is 21.8. The van der Waals surface area contributed by atoms with E-state index >= 15 is 26.3 Å². The minimum atomic E-state index is -5.76. The van der Waals surface area contributed by atoms with Crippen LogP contribution in [0.3, 0.4) is 0 Å². The molecule has 0 spiro atoms. The van der Waals surface area contributed by atoms with Crippen LogP contribution in [0.25, 0.3) is 0 Å². The summed E-state index contributed by atoms with van der Waals surface area (Å²) < 4.78 is 106. The predicted molar refractivity (Wildman–Crippen MR) is 137 cm³/mol. The molecule has 3 aliphatic rings. The van der Waals surface area contributed by atoms with E-state index in [9.17, 15) is 0 Å². The Balaban J connectivity index is 1.78. The lowest BCUT2D eigenvalue weighted by Gasteiger charge is -2.29. The number of pyridine rings is 2. The van der Waals surface area contributed by atoms with Crippen LogP contribution in [0, 0.1) is 0 Å². The Hall–Kier alpha value is -3.52. The van der Waals surface area contributed by atoms with Crippen molar-refractivity contribution in [2.24, 2.45) is 0 Å². The first-order valence-corrected chi connectivity index (χ1v) is 12.8. The summed E-state index contributed by atoms with van der Waals surface area (Å²) in [7, 11) is 2.26. The molecule has 0 N–H and O–H groups in total. The second-order valence-corrected chi connectivity index (χ2v) is 9.89. The second kappa shape index (κ2) is 9.90. The summed E-state index contributed by atoms with van der Waals surface area (Å²) in [5.41, 5.74) is -3.58. The lowest BCUT2D eigenvalue weighted by atomic mass is 9.93. The first-order valence-electron chi connectivity index (χ1n) is 11.1. The molecule has 6 nitrogen and oxygen atoms in total. The van der Waals surface area contributed by atoms with E-state index in [1.54, 1.807) is 12.1 Å². The maximum atomic E-state index is 15.6. The average Bonchev–Trinajstić information content (AvgIpc) is 3.06. The van der Waals surface area contributed by atoms with E-state index in [1.165, 1.54) is 56.3 Å². The van der Waals surface area contributed by atoms with E-state index < -0.39 is 40.1 Å². The number of alkyl halides is 6. The standard InChI is InChI=1S/C25H18F6N4O2S2/c1-36-19-13-38-34(15-5-8-32-9-6-15)11-17(19)21-22(24(28,29)25(30,31)23(21,26)27)18-12-35(39-14-20(18)37-2)16-4-3-7-33-10-16/h3-14H,1-2H3. The van der Waals surface area contributed by atoms with Crippen LogP contribution in [0.5, 0.6) is 0 Å². The fourth-order valence-electron chi connectivity index (χ4n) is 4.13. The van der Waals surface area contributed by atoms with Gasteiger partial charge in [-0.25, -0.2) is 0 Å². The smallest absolute Gasteiger partial charge is 0.380 e. The summed E-state index contributed by atoms with van der Waals surface area (Å²) in [6.07, 6.45) is 7.86. The highest BCUT2D eigenvalue weighted by atomic mass is 32.2. The van der Waals surface area contributed by atoms with Crippen molar-refractivity contribution in [3.05, 3.63) is 106 Å². The van der Waals surface area contributed by atoms with E-state index in [-0.39, 0.29) is 11.5 Å². The number of methoxy groups -OCH3 is 2. The Morgan fingerprint density at radius 3 is 1.67 bits per heavy atom. The molecule has 0 saturated carbocycles. The van der Waals surface area contributed by atoms with Crippen LogP contribution in [0.1, 0.15) is 0 Å². The van der Waals surface area contributed by atoms with Crippen LogP contribution in [-0.4, -0.2) is 42.0 Å². The molecule has 39 heavy (non-hydrogen) atoms. The molecule has 204 valence electrons. The molecule has 2 aliphatic heterocycles. The van der Waals surface area contributed by atoms with Crippen LogP contribution in [0.4, 0.5) is 37.7 Å². The summed E-state index contributed by atoms with van der Waals surface area (Å²) in [6, 6.07) is 6.24. The van der Waals surface area contributed by atoms with Crippen molar-refractivity contribution < 1.29 is 35.8 Å². The largest absolute Gasteiger partial charge is 0.495 e. The van der Waals surface area contributed by atoms with Gasteiger partial charge in [0, 0.05) is 53.0 Å². The molecule has 2 aromatic heterocycles. The normalized spacial score (nSPS) is 21.6. The number of halogens is 6. The van der Waals surface area contributed by atoms with Crippen LogP contribution in [0.15, 0.2) is 106 Å². The summed E-state index contributed by atoms with van der Waals surface area (Å²) in [5, 5.41) is 2.53. The Labute approximate surface area is 227 Å². The molecule has 1 aliphatic carbocycles. The van der Waals surface area contributed by atoms with Gasteiger partial charge in [0.2, 0.25) is 0 Å². The first-order chi connectivity index (χ1) is 18.5. The van der Waals surface area contributed by atoms with Crippen molar-refractivity contribution in [2.45, 2.75) is 17.8 Å². The van der Waals surface area contributed by atoms with Gasteiger partial charge in [-0.15, -0.1) is 0 Å². The zero-order chi connectivity index (χ0) is 28.0. The fraction of sp³-hybridized carbons (Fsp3) is 0.200. The molecule has 0 aromatic carbocycles. The molecule has 0 atom stereocenters. The van der Waals surface area contributed by atoms with Crippen LogP contribution < -0.4 is 8.61 Å². The van der Waals surface area contributed by atoms with E-state index in [0.717, 1.165) is 50.5 Å². The van der Waals surface area contributed by atoms with Gasteiger partial charge in [-0.1, -0.05) is 0 Å². The van der Waals surface area contributed by atoms with Gasteiger partial charge >= 0.3 is 17.8 Å². The van der Waals surface area contributed by atoms with Crippen LogP contribution in [0.2, 0.25) is 0 Å². The van der Waals surface area contributed by atoms with E-state index in [2.05, 4.69) is 9.97 Å². The molecule has 14 heteroatoms. The minimum Gasteiger partial charge on any atom is -0.495 e. The Morgan fingerprint density at radius 2 is 1.21 bits per heavy atom. The van der Waals surface area contributed by atoms with Gasteiger partial charge in [0.1, 0.15) is 11.5 Å². The van der Waals surface area contributed by atoms with Crippen molar-refractivity contribution >= 4 is 35.3 Å². The number of nitrogens with zero attached hydrogens (tertiary/aromatic N) is 4. The molecular weight excluding hydrogens is 566 g/mol. The van der Waals surface area contributed by atoms with E-state index in [4.69, 9.17) is 9.47 Å². The number of anilines is 2. The maximum Gasteiger partial charge on any atom is 0.380 e. The number of allylic oxidation sites excluding steroid dienone is 2. The van der Waals surface area contributed by atoms with Crippen LogP contribution in [-0.2, 0) is 9.47 Å². The summed E-state index contributed by atoms with van der Waals surface area (Å²) >= 11 is 1.95. The SMILES string of the molecule is COC1=CSN(c2ccncc2)C=C1C1=C(C2=CN(c3cccnc3)SC=C2OC)C(F)(F)C(F)(F)C1(F)F. The molecule has 0 radical (unpaired) electrons. The molecule has 5 rings (SSSR count). The minimum absolute atomic E-state index is 0.288. The molecule has 0 saturated heterocycles. The summed E-state index contributed by atoms with van der Waals surface area (Å²) in [6.45, 7) is 0. The molecule has 0 bridgehead atoms. The van der Waals surface area contributed by atoms with Gasteiger partial charge in [0.15, 0.2) is 0 Å². The van der Waals surface area contributed by atoms with Gasteiger partial charge in [0.05, 0.1) is 42.9 Å². The summed E-state index contributed by atoms with van der Waals surface area (Å²) in [5.74, 6) is -16.9. The summed E-state index contributed by atoms with van der Waals surface area (Å²) in [4.78, 5) is 7.85. The van der Waals surface area contributed by atoms with Gasteiger partial charge in [-0.05, 0) is 48.2 Å². The zero-order valence-electron chi connectivity index (χ0n) is 20.1. The first kappa shape index (κ1) is 27.1. The predicted octanol–water partition coefficient (Wildman–Crippen LogP) is 7.07. The number of rotatable bonds is 6. The molecule has 0 fully saturated rings. The van der Waals surface area contributed by atoms with Gasteiger partial charge in [-0.3, -0.25) is 18.6 Å². The van der Waals surface area contributed by atoms with Gasteiger partial charge < -0.3 is 9.47 Å². The van der Waals surface area contributed by atoms with Gasteiger partial charge in [-0.2, -0.15) is 26.3 Å². The molecule has 4 heterocycles. The second-order valence-electron chi connectivity index (χ2n) is 8.21. The van der Waals surface area contributed by atoms with Crippen molar-refractivity contribution in [3.8, 4) is 0 Å². The maximum absolute atomic E-state index is 15.6. The van der Waals surface area contributed by atoms with Crippen molar-refractivity contribution in [1.29, 1.82) is 0 Å². The average molecular weight is 585 g/mol. The Morgan fingerprint density at radius 1 is 0.692 bits per heavy atom. The molecule has 0 amide bonds. The number of hydrogen-bond donors (Lipinski definition) is 0. The molecule has 2 aromatic rings. The third-order valence-electron chi connectivity index (χ3n) is 6.03. The van der Waals surface area contributed by atoms with Gasteiger partial charge in [0.25, 0.3) is 0 Å². The Kier molecular flexibility index (Phi) is 6.87. The van der Waals surface area contributed by atoms with Crippen molar-refractivity contribution in [2.75, 3.05) is 22.8 Å². The van der Waals surface area contributed by atoms with E-state index in [1.807, 2.05) is 0 Å². The number of hydrogen-bond acceptors (Lipinski definition) is 8. The third-order valence-corrected chi connectivity index (χ3v) is 7.76. The third kappa shape index (κ3) is 4.25. The number of aromatic nitrogens is 2. The lowest BCUT2D eigenvalue weighted by molar-refractivity contribution is -0.264.